The van der Waals surface area contributed by atoms with Gasteiger partial charge in [0.15, 0.2) is 0 Å². The molecule has 0 radical (unpaired) electrons. The van der Waals surface area contributed by atoms with Crippen LogP contribution in [0.2, 0.25) is 10.0 Å². The van der Waals surface area contributed by atoms with Gasteiger partial charge >= 0.3 is 0 Å². The summed E-state index contributed by atoms with van der Waals surface area (Å²) in [7, 11) is 2.14. The van der Waals surface area contributed by atoms with Crippen molar-refractivity contribution < 1.29 is 0 Å². The lowest BCUT2D eigenvalue weighted by Crippen LogP contribution is -2.44. The van der Waals surface area contributed by atoms with Crippen molar-refractivity contribution >= 4 is 40.7 Å². The Kier molecular flexibility index (Phi) is 4.90. The topological polar surface area (TPSA) is 44.3 Å². The van der Waals surface area contributed by atoms with Crippen LogP contribution in [0.25, 0.3) is 0 Å². The summed E-state index contributed by atoms with van der Waals surface area (Å²) in [5.74, 6) is 1.47. The molecule has 0 aliphatic carbocycles. The van der Waals surface area contributed by atoms with Crippen LogP contribution in [0.1, 0.15) is 5.69 Å². The fourth-order valence-electron chi connectivity index (χ4n) is 2.52. The number of nitrogens with one attached hydrogen (secondary N) is 1. The van der Waals surface area contributed by atoms with Gasteiger partial charge in [-0.05, 0) is 32.2 Å². The lowest BCUT2D eigenvalue weighted by atomic mass is 10.3. The lowest BCUT2D eigenvalue weighted by Gasteiger charge is -2.33. The van der Waals surface area contributed by atoms with Crippen molar-refractivity contribution in [1.82, 2.24) is 14.9 Å². The summed E-state index contributed by atoms with van der Waals surface area (Å²) in [5, 5.41) is 4.37. The van der Waals surface area contributed by atoms with Crippen LogP contribution in [-0.4, -0.2) is 48.1 Å². The van der Waals surface area contributed by atoms with Gasteiger partial charge in [-0.15, -0.1) is 0 Å². The summed E-state index contributed by atoms with van der Waals surface area (Å²) >= 11 is 12.2. The SMILES string of the molecule is Cc1cc(N2CCN(C)CC2)nc(Nc2cc(Cl)ccc2Cl)n1. The number of benzene rings is 1. The molecule has 3 rings (SSSR count). The molecule has 0 amide bonds. The van der Waals surface area contributed by atoms with Gasteiger partial charge in [-0.2, -0.15) is 4.98 Å². The summed E-state index contributed by atoms with van der Waals surface area (Å²) in [5.41, 5.74) is 1.61. The quantitative estimate of drug-likeness (QED) is 0.915. The molecule has 1 N–H and O–H groups in total. The third kappa shape index (κ3) is 4.05. The molecule has 2 heterocycles. The average molecular weight is 352 g/mol. The van der Waals surface area contributed by atoms with Crippen LogP contribution < -0.4 is 10.2 Å². The Morgan fingerprint density at radius 2 is 1.78 bits per heavy atom. The first-order valence-electron chi connectivity index (χ1n) is 7.52. The van der Waals surface area contributed by atoms with E-state index in [9.17, 15) is 0 Å². The Bertz CT molecular complexity index is 699. The van der Waals surface area contributed by atoms with Crippen molar-refractivity contribution in [3.8, 4) is 0 Å². The van der Waals surface area contributed by atoms with Gasteiger partial charge in [0.1, 0.15) is 5.82 Å². The van der Waals surface area contributed by atoms with E-state index in [0.29, 0.717) is 21.7 Å². The van der Waals surface area contributed by atoms with Crippen LogP contribution in [0.3, 0.4) is 0 Å². The second-order valence-electron chi connectivity index (χ2n) is 5.73. The maximum Gasteiger partial charge on any atom is 0.229 e. The van der Waals surface area contributed by atoms with Gasteiger partial charge in [0, 0.05) is 43.0 Å². The van der Waals surface area contributed by atoms with Gasteiger partial charge in [0.2, 0.25) is 5.95 Å². The number of rotatable bonds is 3. The summed E-state index contributed by atoms with van der Waals surface area (Å²) in [6.45, 7) is 5.96. The van der Waals surface area contributed by atoms with Crippen molar-refractivity contribution in [1.29, 1.82) is 0 Å². The average Bonchev–Trinajstić information content (AvgIpc) is 2.51. The highest BCUT2D eigenvalue weighted by molar-refractivity contribution is 6.35. The maximum absolute atomic E-state index is 6.20. The number of aromatic nitrogens is 2. The molecule has 2 aromatic rings. The summed E-state index contributed by atoms with van der Waals surface area (Å²) < 4.78 is 0. The van der Waals surface area contributed by atoms with E-state index in [-0.39, 0.29) is 0 Å². The molecule has 1 fully saturated rings. The zero-order valence-electron chi connectivity index (χ0n) is 13.2. The number of piperazine rings is 1. The molecule has 0 atom stereocenters. The first-order chi connectivity index (χ1) is 11.0. The minimum Gasteiger partial charge on any atom is -0.354 e. The van der Waals surface area contributed by atoms with Gasteiger partial charge in [-0.25, -0.2) is 4.98 Å². The lowest BCUT2D eigenvalue weighted by molar-refractivity contribution is 0.312. The minimum atomic E-state index is 0.531. The molecule has 0 spiro atoms. The zero-order chi connectivity index (χ0) is 16.4. The molecule has 0 unspecified atom stereocenters. The first-order valence-corrected chi connectivity index (χ1v) is 8.28. The number of hydrogen-bond acceptors (Lipinski definition) is 5. The third-order valence-electron chi connectivity index (χ3n) is 3.84. The Morgan fingerprint density at radius 1 is 1.04 bits per heavy atom. The Balaban J connectivity index is 1.84. The molecular weight excluding hydrogens is 333 g/mol. The molecule has 1 saturated heterocycles. The number of halogens is 2. The summed E-state index contributed by atoms with van der Waals surface area (Å²) in [4.78, 5) is 13.7. The largest absolute Gasteiger partial charge is 0.354 e. The monoisotopic (exact) mass is 351 g/mol. The smallest absolute Gasteiger partial charge is 0.229 e. The number of nitrogens with zero attached hydrogens (tertiary/aromatic N) is 4. The highest BCUT2D eigenvalue weighted by Gasteiger charge is 2.16. The molecule has 5 nitrogen and oxygen atoms in total. The molecule has 7 heteroatoms. The van der Waals surface area contributed by atoms with Crippen molar-refractivity contribution in [2.45, 2.75) is 6.92 Å². The molecule has 1 aromatic heterocycles. The van der Waals surface area contributed by atoms with Crippen molar-refractivity contribution in [2.75, 3.05) is 43.4 Å². The molecule has 1 aliphatic rings. The summed E-state index contributed by atoms with van der Waals surface area (Å²) in [6, 6.07) is 7.28. The Labute approximate surface area is 146 Å². The van der Waals surface area contributed by atoms with Gasteiger partial charge in [-0.1, -0.05) is 23.2 Å². The van der Waals surface area contributed by atoms with Crippen LogP contribution in [0, 0.1) is 6.92 Å². The van der Waals surface area contributed by atoms with Crippen molar-refractivity contribution in [3.63, 3.8) is 0 Å². The van der Waals surface area contributed by atoms with Crippen LogP contribution in [0.5, 0.6) is 0 Å². The minimum absolute atomic E-state index is 0.531. The number of likely N-dealkylation sites (N-methyl/N-ethyl adjacent to an activating group) is 1. The highest BCUT2D eigenvalue weighted by Crippen LogP contribution is 2.28. The standard InChI is InChI=1S/C16H19Cl2N5/c1-11-9-15(23-7-5-22(2)6-8-23)21-16(19-11)20-14-10-12(17)3-4-13(14)18/h3-4,9-10H,5-8H2,1-2H3,(H,19,20,21). The van der Waals surface area contributed by atoms with Crippen LogP contribution in [-0.2, 0) is 0 Å². The number of aryl methyl sites for hydroxylation is 1. The summed E-state index contributed by atoms with van der Waals surface area (Å²) in [6.07, 6.45) is 0. The van der Waals surface area contributed by atoms with E-state index in [0.717, 1.165) is 37.7 Å². The van der Waals surface area contributed by atoms with E-state index in [4.69, 9.17) is 23.2 Å². The van der Waals surface area contributed by atoms with Crippen molar-refractivity contribution in [2.24, 2.45) is 0 Å². The zero-order valence-corrected chi connectivity index (χ0v) is 14.7. The van der Waals surface area contributed by atoms with E-state index in [1.165, 1.54) is 0 Å². The molecule has 23 heavy (non-hydrogen) atoms. The Morgan fingerprint density at radius 3 is 2.52 bits per heavy atom. The van der Waals surface area contributed by atoms with Crippen LogP contribution in [0.4, 0.5) is 17.5 Å². The second-order valence-corrected chi connectivity index (χ2v) is 6.57. The molecule has 0 saturated carbocycles. The number of anilines is 3. The molecule has 1 aliphatic heterocycles. The molecular formula is C16H19Cl2N5. The van der Waals surface area contributed by atoms with E-state index in [2.05, 4.69) is 32.1 Å². The molecule has 0 bridgehead atoms. The maximum atomic E-state index is 6.20. The molecule has 1 aromatic carbocycles. The predicted octanol–water partition coefficient (Wildman–Crippen LogP) is 3.59. The van der Waals surface area contributed by atoms with Gasteiger partial charge < -0.3 is 15.1 Å². The fraction of sp³-hybridized carbons (Fsp3) is 0.375. The third-order valence-corrected chi connectivity index (χ3v) is 4.41. The Hall–Kier alpha value is -1.56. The van der Waals surface area contributed by atoms with E-state index in [1.807, 2.05) is 13.0 Å². The predicted molar refractivity (Wildman–Crippen MR) is 96.2 cm³/mol. The normalized spacial score (nSPS) is 15.7. The fourth-order valence-corrected chi connectivity index (χ4v) is 2.86. The van der Waals surface area contributed by atoms with Crippen LogP contribution in [0.15, 0.2) is 24.3 Å². The van der Waals surface area contributed by atoms with Crippen LogP contribution >= 0.6 is 23.2 Å². The van der Waals surface area contributed by atoms with E-state index < -0.39 is 0 Å². The first kappa shape index (κ1) is 16.3. The van der Waals surface area contributed by atoms with Gasteiger partial charge in [0.25, 0.3) is 0 Å². The van der Waals surface area contributed by atoms with Gasteiger partial charge in [-0.3, -0.25) is 0 Å². The second kappa shape index (κ2) is 6.91. The van der Waals surface area contributed by atoms with E-state index >= 15 is 0 Å². The number of hydrogen-bond donors (Lipinski definition) is 1. The highest BCUT2D eigenvalue weighted by atomic mass is 35.5. The van der Waals surface area contributed by atoms with Gasteiger partial charge in [0.05, 0.1) is 10.7 Å². The van der Waals surface area contributed by atoms with Crippen molar-refractivity contribution in [3.05, 3.63) is 40.0 Å². The van der Waals surface area contributed by atoms with E-state index in [1.54, 1.807) is 18.2 Å². The molecule has 122 valence electrons.